The summed E-state index contributed by atoms with van der Waals surface area (Å²) in [5.74, 6) is -0.153. The Morgan fingerprint density at radius 2 is 1.87 bits per heavy atom. The van der Waals surface area contributed by atoms with Gasteiger partial charge in [-0.1, -0.05) is 0 Å². The maximum absolute atomic E-state index is 13.0. The van der Waals surface area contributed by atoms with Crippen molar-refractivity contribution in [2.24, 2.45) is 0 Å². The smallest absolute Gasteiger partial charge is 0.409 e. The van der Waals surface area contributed by atoms with E-state index in [0.717, 1.165) is 0 Å². The van der Waals surface area contributed by atoms with Crippen molar-refractivity contribution in [2.75, 3.05) is 39.4 Å². The molecule has 0 atom stereocenters. The molecule has 8 heteroatoms. The van der Waals surface area contributed by atoms with Gasteiger partial charge in [-0.15, -0.1) is 0 Å². The number of hydrogen-bond acceptors (Lipinski definition) is 4. The minimum absolute atomic E-state index is 0.135. The summed E-state index contributed by atoms with van der Waals surface area (Å²) >= 11 is 3.18. The Labute approximate surface area is 142 Å². The van der Waals surface area contributed by atoms with Gasteiger partial charge in [0.1, 0.15) is 11.6 Å². The molecular weight excluding hydrogens is 371 g/mol. The number of nitrogens with zero attached hydrogens (tertiary/aromatic N) is 2. The van der Waals surface area contributed by atoms with E-state index in [9.17, 15) is 14.0 Å². The van der Waals surface area contributed by atoms with Crippen LogP contribution < -0.4 is 4.74 Å². The topological polar surface area (TPSA) is 59.1 Å². The number of rotatable bonds is 4. The first-order valence-corrected chi connectivity index (χ1v) is 8.08. The van der Waals surface area contributed by atoms with Crippen LogP contribution in [0, 0.1) is 5.82 Å². The molecule has 0 N–H and O–H groups in total. The molecule has 1 aromatic carbocycles. The highest BCUT2D eigenvalue weighted by Gasteiger charge is 2.25. The molecule has 6 nitrogen and oxygen atoms in total. The Bertz CT molecular complexity index is 577. The molecule has 0 aromatic heterocycles. The van der Waals surface area contributed by atoms with Crippen LogP contribution in [0.5, 0.6) is 5.75 Å². The Morgan fingerprint density at radius 3 is 2.48 bits per heavy atom. The average molecular weight is 389 g/mol. The van der Waals surface area contributed by atoms with E-state index in [2.05, 4.69) is 15.9 Å². The quantitative estimate of drug-likeness (QED) is 0.793. The molecule has 0 radical (unpaired) electrons. The second-order valence-corrected chi connectivity index (χ2v) is 5.78. The summed E-state index contributed by atoms with van der Waals surface area (Å²) < 4.78 is 23.8. The zero-order valence-electron chi connectivity index (χ0n) is 12.8. The van der Waals surface area contributed by atoms with E-state index in [0.29, 0.717) is 43.0 Å². The number of hydrogen-bond donors (Lipinski definition) is 0. The Morgan fingerprint density at radius 1 is 1.22 bits per heavy atom. The summed E-state index contributed by atoms with van der Waals surface area (Å²) in [7, 11) is 0. The fourth-order valence-corrected chi connectivity index (χ4v) is 2.64. The predicted octanol–water partition coefficient (Wildman–Crippen LogP) is 2.27. The number of benzene rings is 1. The summed E-state index contributed by atoms with van der Waals surface area (Å²) in [4.78, 5) is 26.9. The second-order valence-electron chi connectivity index (χ2n) is 4.93. The van der Waals surface area contributed by atoms with Gasteiger partial charge in [0.05, 0.1) is 11.1 Å². The van der Waals surface area contributed by atoms with Gasteiger partial charge >= 0.3 is 6.09 Å². The maximum atomic E-state index is 13.0. The van der Waals surface area contributed by atoms with Crippen LogP contribution in [0.25, 0.3) is 0 Å². The monoisotopic (exact) mass is 388 g/mol. The van der Waals surface area contributed by atoms with E-state index < -0.39 is 0 Å². The molecule has 0 unspecified atom stereocenters. The molecular formula is C15H18BrFN2O4. The van der Waals surface area contributed by atoms with Gasteiger partial charge in [0, 0.05) is 26.2 Å². The van der Waals surface area contributed by atoms with E-state index in [1.54, 1.807) is 16.7 Å². The van der Waals surface area contributed by atoms with Crippen LogP contribution in [-0.4, -0.2) is 61.2 Å². The van der Waals surface area contributed by atoms with Gasteiger partial charge in [0.2, 0.25) is 0 Å². The molecule has 2 amide bonds. The molecule has 0 bridgehead atoms. The van der Waals surface area contributed by atoms with Crippen molar-refractivity contribution < 1.29 is 23.5 Å². The van der Waals surface area contributed by atoms with Crippen LogP contribution in [0.3, 0.4) is 0 Å². The molecule has 0 saturated carbocycles. The molecule has 2 rings (SSSR count). The van der Waals surface area contributed by atoms with Gasteiger partial charge in [0.15, 0.2) is 6.61 Å². The minimum Gasteiger partial charge on any atom is -0.483 e. The summed E-state index contributed by atoms with van der Waals surface area (Å²) in [5.41, 5.74) is 0. The van der Waals surface area contributed by atoms with Gasteiger partial charge < -0.3 is 19.3 Å². The first kappa shape index (κ1) is 17.5. The van der Waals surface area contributed by atoms with E-state index in [1.165, 1.54) is 18.2 Å². The van der Waals surface area contributed by atoms with Gasteiger partial charge in [0.25, 0.3) is 5.91 Å². The Balaban J connectivity index is 1.80. The van der Waals surface area contributed by atoms with Crippen molar-refractivity contribution >= 4 is 27.9 Å². The van der Waals surface area contributed by atoms with E-state index >= 15 is 0 Å². The molecule has 0 spiro atoms. The maximum Gasteiger partial charge on any atom is 0.409 e. The molecule has 126 valence electrons. The molecule has 1 heterocycles. The van der Waals surface area contributed by atoms with Crippen molar-refractivity contribution in [3.05, 3.63) is 28.5 Å². The zero-order chi connectivity index (χ0) is 16.8. The van der Waals surface area contributed by atoms with Crippen molar-refractivity contribution in [3.63, 3.8) is 0 Å². The molecule has 1 aliphatic heterocycles. The third-order valence-corrected chi connectivity index (χ3v) is 4.02. The van der Waals surface area contributed by atoms with Crippen LogP contribution in [0.15, 0.2) is 22.7 Å². The third kappa shape index (κ3) is 4.82. The first-order valence-electron chi connectivity index (χ1n) is 7.28. The number of piperazine rings is 1. The van der Waals surface area contributed by atoms with Crippen molar-refractivity contribution in [3.8, 4) is 5.75 Å². The predicted molar refractivity (Wildman–Crippen MR) is 84.8 cm³/mol. The Hall–Kier alpha value is -1.83. The minimum atomic E-state index is -0.384. The summed E-state index contributed by atoms with van der Waals surface area (Å²) in [6.45, 7) is 3.69. The summed E-state index contributed by atoms with van der Waals surface area (Å²) in [6, 6.07) is 4.01. The first-order chi connectivity index (χ1) is 11.0. The van der Waals surface area contributed by atoms with Crippen LogP contribution >= 0.6 is 15.9 Å². The van der Waals surface area contributed by atoms with E-state index in [1.807, 2.05) is 0 Å². The highest BCUT2D eigenvalue weighted by atomic mass is 79.9. The number of halogens is 2. The van der Waals surface area contributed by atoms with Gasteiger partial charge in [-0.25, -0.2) is 9.18 Å². The van der Waals surface area contributed by atoms with Crippen molar-refractivity contribution in [1.82, 2.24) is 9.80 Å². The van der Waals surface area contributed by atoms with E-state index in [-0.39, 0.29) is 24.4 Å². The molecule has 23 heavy (non-hydrogen) atoms. The van der Waals surface area contributed by atoms with Crippen LogP contribution in [0.4, 0.5) is 9.18 Å². The van der Waals surface area contributed by atoms with Crippen molar-refractivity contribution in [2.45, 2.75) is 6.92 Å². The third-order valence-electron chi connectivity index (χ3n) is 3.40. The van der Waals surface area contributed by atoms with Gasteiger partial charge in [-0.2, -0.15) is 0 Å². The van der Waals surface area contributed by atoms with Crippen LogP contribution in [0.1, 0.15) is 6.92 Å². The van der Waals surface area contributed by atoms with Crippen LogP contribution in [-0.2, 0) is 9.53 Å². The molecule has 1 aromatic rings. The standard InChI is InChI=1S/C15H18BrFN2O4/c1-2-22-15(21)19-7-5-18(6-8-19)14(20)10-23-13-4-3-11(17)9-12(13)16/h3-4,9H,2,5-8,10H2,1H3. The molecule has 1 aliphatic rings. The van der Waals surface area contributed by atoms with Crippen LogP contribution in [0.2, 0.25) is 0 Å². The summed E-state index contributed by atoms with van der Waals surface area (Å²) in [6.07, 6.45) is -0.355. The highest BCUT2D eigenvalue weighted by molar-refractivity contribution is 9.10. The number of carbonyl (C=O) groups is 2. The zero-order valence-corrected chi connectivity index (χ0v) is 14.3. The molecule has 1 saturated heterocycles. The fourth-order valence-electron chi connectivity index (χ4n) is 2.18. The van der Waals surface area contributed by atoms with E-state index in [4.69, 9.17) is 9.47 Å². The number of amides is 2. The highest BCUT2D eigenvalue weighted by Crippen LogP contribution is 2.25. The largest absolute Gasteiger partial charge is 0.483 e. The van der Waals surface area contributed by atoms with Gasteiger partial charge in [-0.05, 0) is 41.1 Å². The second kappa shape index (κ2) is 8.14. The summed E-state index contributed by atoms with van der Waals surface area (Å²) in [5, 5.41) is 0. The number of ether oxygens (including phenoxy) is 2. The lowest BCUT2D eigenvalue weighted by Gasteiger charge is -2.33. The lowest BCUT2D eigenvalue weighted by molar-refractivity contribution is -0.135. The molecule has 0 aliphatic carbocycles. The number of carbonyl (C=O) groups excluding carboxylic acids is 2. The lowest BCUT2D eigenvalue weighted by atomic mass is 10.3. The SMILES string of the molecule is CCOC(=O)N1CCN(C(=O)COc2ccc(F)cc2Br)CC1. The lowest BCUT2D eigenvalue weighted by Crippen LogP contribution is -2.51. The normalized spacial score (nSPS) is 14.6. The average Bonchev–Trinajstić information content (AvgIpc) is 2.54. The molecule has 1 fully saturated rings. The van der Waals surface area contributed by atoms with Gasteiger partial charge in [-0.3, -0.25) is 4.79 Å². The Kier molecular flexibility index (Phi) is 6.20. The van der Waals surface area contributed by atoms with Crippen molar-refractivity contribution in [1.29, 1.82) is 0 Å². The fraction of sp³-hybridized carbons (Fsp3) is 0.467.